The summed E-state index contributed by atoms with van der Waals surface area (Å²) in [5.74, 6) is -0.0842. The summed E-state index contributed by atoms with van der Waals surface area (Å²) in [5.41, 5.74) is 1.89. The minimum atomic E-state index is -0.141. The van der Waals surface area contributed by atoms with Gasteiger partial charge in [-0.1, -0.05) is 12.1 Å². The largest absolute Gasteiger partial charge is 0.378 e. The van der Waals surface area contributed by atoms with E-state index in [1.165, 1.54) is 6.92 Å². The molecule has 6 heteroatoms. The number of benzene rings is 1. The van der Waals surface area contributed by atoms with E-state index in [0.29, 0.717) is 19.2 Å². The molecule has 1 aromatic carbocycles. The molecule has 1 saturated heterocycles. The van der Waals surface area contributed by atoms with Crippen LogP contribution in [-0.2, 0) is 16.0 Å². The van der Waals surface area contributed by atoms with Crippen LogP contribution < -0.4 is 16.0 Å². The molecule has 0 aliphatic carbocycles. The van der Waals surface area contributed by atoms with Crippen LogP contribution in [0.5, 0.6) is 0 Å². The lowest BCUT2D eigenvalue weighted by Crippen LogP contribution is -2.37. The standard InChI is InChI=1S/C17H25N3O3/c1-13(21)20-15-6-4-14(5-7-15)8-10-18-17(22)19-11-9-16-3-2-12-23-16/h4-7,16H,2-3,8-12H2,1H3,(H,20,21)(H2,18,19,22)/t16-/m0/s1. The van der Waals surface area contributed by atoms with Gasteiger partial charge in [0.25, 0.3) is 0 Å². The van der Waals surface area contributed by atoms with Crippen LogP contribution in [0.1, 0.15) is 31.7 Å². The first kappa shape index (κ1) is 17.3. The normalized spacial score (nSPS) is 16.8. The quantitative estimate of drug-likeness (QED) is 0.720. The summed E-state index contributed by atoms with van der Waals surface area (Å²) in [6.45, 7) is 3.54. The van der Waals surface area contributed by atoms with Crippen LogP contribution in [0.15, 0.2) is 24.3 Å². The maximum Gasteiger partial charge on any atom is 0.314 e. The second kappa shape index (κ2) is 9.15. The third kappa shape index (κ3) is 6.69. The number of nitrogens with one attached hydrogen (secondary N) is 3. The SMILES string of the molecule is CC(=O)Nc1ccc(CCNC(=O)NCC[C@@H]2CCCO2)cc1. The molecule has 0 saturated carbocycles. The lowest BCUT2D eigenvalue weighted by atomic mass is 10.1. The van der Waals surface area contributed by atoms with E-state index >= 15 is 0 Å². The van der Waals surface area contributed by atoms with Gasteiger partial charge in [0.2, 0.25) is 5.91 Å². The highest BCUT2D eigenvalue weighted by molar-refractivity contribution is 5.88. The van der Waals surface area contributed by atoms with E-state index < -0.39 is 0 Å². The number of anilines is 1. The van der Waals surface area contributed by atoms with Gasteiger partial charge < -0.3 is 20.7 Å². The highest BCUT2D eigenvalue weighted by Gasteiger charge is 2.14. The Morgan fingerprint density at radius 3 is 2.57 bits per heavy atom. The summed E-state index contributed by atoms with van der Waals surface area (Å²) in [6, 6.07) is 7.47. The van der Waals surface area contributed by atoms with Gasteiger partial charge >= 0.3 is 6.03 Å². The first-order valence-corrected chi connectivity index (χ1v) is 8.13. The van der Waals surface area contributed by atoms with Crippen molar-refractivity contribution >= 4 is 17.6 Å². The molecule has 23 heavy (non-hydrogen) atoms. The summed E-state index contributed by atoms with van der Waals surface area (Å²) >= 11 is 0. The first-order valence-electron chi connectivity index (χ1n) is 8.13. The molecular weight excluding hydrogens is 294 g/mol. The van der Waals surface area contributed by atoms with E-state index in [-0.39, 0.29) is 11.9 Å². The third-order valence-corrected chi connectivity index (χ3v) is 3.75. The minimum absolute atomic E-state index is 0.0842. The number of hydrogen-bond donors (Lipinski definition) is 3. The van der Waals surface area contributed by atoms with Gasteiger partial charge in [-0.2, -0.15) is 0 Å². The molecule has 3 amide bonds. The van der Waals surface area contributed by atoms with Gasteiger partial charge in [0.15, 0.2) is 0 Å². The van der Waals surface area contributed by atoms with Crippen molar-refractivity contribution in [2.24, 2.45) is 0 Å². The van der Waals surface area contributed by atoms with Crippen molar-refractivity contribution in [3.05, 3.63) is 29.8 Å². The van der Waals surface area contributed by atoms with E-state index in [1.54, 1.807) is 0 Å². The Hall–Kier alpha value is -2.08. The average Bonchev–Trinajstić information content (AvgIpc) is 3.02. The predicted octanol–water partition coefficient (Wildman–Crippen LogP) is 2.06. The zero-order valence-electron chi connectivity index (χ0n) is 13.6. The highest BCUT2D eigenvalue weighted by Crippen LogP contribution is 2.14. The Morgan fingerprint density at radius 1 is 1.17 bits per heavy atom. The summed E-state index contributed by atoms with van der Waals surface area (Å²) in [7, 11) is 0. The number of amides is 3. The van der Waals surface area contributed by atoms with Crippen LogP contribution in [0.25, 0.3) is 0 Å². The highest BCUT2D eigenvalue weighted by atomic mass is 16.5. The molecular formula is C17H25N3O3. The molecule has 1 fully saturated rings. The maximum atomic E-state index is 11.7. The Morgan fingerprint density at radius 2 is 1.91 bits per heavy atom. The lowest BCUT2D eigenvalue weighted by molar-refractivity contribution is -0.114. The molecule has 126 valence electrons. The first-order chi connectivity index (χ1) is 11.1. The fourth-order valence-electron chi connectivity index (χ4n) is 2.56. The molecule has 3 N–H and O–H groups in total. The third-order valence-electron chi connectivity index (χ3n) is 3.75. The molecule has 0 radical (unpaired) electrons. The molecule has 1 aliphatic rings. The molecule has 0 unspecified atom stereocenters. The molecule has 1 heterocycles. The summed E-state index contributed by atoms with van der Waals surface area (Å²) < 4.78 is 5.51. The van der Waals surface area contributed by atoms with Crippen LogP contribution in [-0.4, -0.2) is 37.7 Å². The fraction of sp³-hybridized carbons (Fsp3) is 0.529. The Balaban J connectivity index is 1.58. The van der Waals surface area contributed by atoms with Gasteiger partial charge in [-0.25, -0.2) is 4.79 Å². The molecule has 0 bridgehead atoms. The van der Waals surface area contributed by atoms with Crippen LogP contribution >= 0.6 is 0 Å². The van der Waals surface area contributed by atoms with Crippen molar-refractivity contribution in [2.45, 2.75) is 38.7 Å². The molecule has 0 spiro atoms. The molecule has 6 nitrogen and oxygen atoms in total. The van der Waals surface area contributed by atoms with E-state index in [0.717, 1.165) is 43.5 Å². The molecule has 1 aromatic rings. The van der Waals surface area contributed by atoms with E-state index in [9.17, 15) is 9.59 Å². The van der Waals surface area contributed by atoms with Gasteiger partial charge in [-0.15, -0.1) is 0 Å². The van der Waals surface area contributed by atoms with Gasteiger partial charge in [0.05, 0.1) is 6.10 Å². The number of carbonyl (C=O) groups is 2. The molecule has 0 aromatic heterocycles. The fourth-order valence-corrected chi connectivity index (χ4v) is 2.56. The Kier molecular flexibility index (Phi) is 6.87. The number of rotatable bonds is 7. The van der Waals surface area contributed by atoms with Gasteiger partial charge in [-0.3, -0.25) is 4.79 Å². The topological polar surface area (TPSA) is 79.5 Å². The number of carbonyl (C=O) groups excluding carboxylic acids is 2. The van der Waals surface area contributed by atoms with Crippen molar-refractivity contribution in [2.75, 3.05) is 25.0 Å². The van der Waals surface area contributed by atoms with Gasteiger partial charge in [0, 0.05) is 32.3 Å². The van der Waals surface area contributed by atoms with Crippen molar-refractivity contribution in [3.63, 3.8) is 0 Å². The number of urea groups is 1. The smallest absolute Gasteiger partial charge is 0.314 e. The molecule has 1 atom stereocenters. The summed E-state index contributed by atoms with van der Waals surface area (Å²) in [4.78, 5) is 22.6. The van der Waals surface area contributed by atoms with E-state index in [1.807, 2.05) is 24.3 Å². The molecule has 1 aliphatic heterocycles. The maximum absolute atomic E-state index is 11.7. The zero-order chi connectivity index (χ0) is 16.5. The minimum Gasteiger partial charge on any atom is -0.378 e. The van der Waals surface area contributed by atoms with E-state index in [2.05, 4.69) is 16.0 Å². The second-order valence-corrected chi connectivity index (χ2v) is 5.73. The van der Waals surface area contributed by atoms with Crippen LogP contribution in [0.4, 0.5) is 10.5 Å². The van der Waals surface area contributed by atoms with Crippen molar-refractivity contribution in [1.29, 1.82) is 0 Å². The lowest BCUT2D eigenvalue weighted by Gasteiger charge is -2.11. The van der Waals surface area contributed by atoms with E-state index in [4.69, 9.17) is 4.74 Å². The van der Waals surface area contributed by atoms with Gasteiger partial charge in [-0.05, 0) is 43.4 Å². The summed E-state index contributed by atoms with van der Waals surface area (Å²) in [6.07, 6.45) is 4.14. The van der Waals surface area contributed by atoms with Crippen molar-refractivity contribution < 1.29 is 14.3 Å². The Bertz CT molecular complexity index is 510. The van der Waals surface area contributed by atoms with Crippen LogP contribution in [0, 0.1) is 0 Å². The number of hydrogen-bond acceptors (Lipinski definition) is 3. The summed E-state index contributed by atoms with van der Waals surface area (Å²) in [5, 5.41) is 8.42. The van der Waals surface area contributed by atoms with Crippen LogP contribution in [0.3, 0.4) is 0 Å². The second-order valence-electron chi connectivity index (χ2n) is 5.73. The van der Waals surface area contributed by atoms with Gasteiger partial charge in [0.1, 0.15) is 0 Å². The molecule has 2 rings (SSSR count). The Labute approximate surface area is 137 Å². The van der Waals surface area contributed by atoms with Crippen molar-refractivity contribution in [1.82, 2.24) is 10.6 Å². The zero-order valence-corrected chi connectivity index (χ0v) is 13.6. The average molecular weight is 319 g/mol. The monoisotopic (exact) mass is 319 g/mol. The number of ether oxygens (including phenoxy) is 1. The van der Waals surface area contributed by atoms with Crippen molar-refractivity contribution in [3.8, 4) is 0 Å². The predicted molar refractivity (Wildman–Crippen MR) is 89.4 cm³/mol. The van der Waals surface area contributed by atoms with Crippen LogP contribution in [0.2, 0.25) is 0 Å².